The van der Waals surface area contributed by atoms with Crippen molar-refractivity contribution in [2.24, 2.45) is 0 Å². The van der Waals surface area contributed by atoms with Crippen molar-refractivity contribution in [1.82, 2.24) is 29.9 Å². The summed E-state index contributed by atoms with van der Waals surface area (Å²) in [5.41, 5.74) is 7.16. The molecule has 0 aliphatic rings. The maximum absolute atomic E-state index is 5.00. The Morgan fingerprint density at radius 2 is 1.64 bits per heavy atom. The van der Waals surface area contributed by atoms with Gasteiger partial charge in [-0.25, -0.2) is 15.0 Å². The third-order valence-corrected chi connectivity index (χ3v) is 6.92. The lowest BCUT2D eigenvalue weighted by molar-refractivity contribution is 0.799. The second-order valence-electron chi connectivity index (χ2n) is 9.67. The first kappa shape index (κ1) is 20.8. The van der Waals surface area contributed by atoms with Crippen LogP contribution in [0.4, 0.5) is 0 Å². The van der Waals surface area contributed by atoms with Crippen LogP contribution in [0.2, 0.25) is 0 Å². The molecule has 0 unspecified atom stereocenters. The summed E-state index contributed by atoms with van der Waals surface area (Å²) in [5.74, 6) is 2.22. The predicted molar refractivity (Wildman–Crippen MR) is 146 cm³/mol. The SMILES string of the molecule is Cc1ncc(-c2ccc3nc(-c4ccc5c(c4)c4ccncc4c4nc(C(C)C)[nH]c54)ccc3c2)[nH]1. The average Bonchev–Trinajstić information content (AvgIpc) is 3.55. The molecule has 0 amide bonds. The molecule has 3 aromatic carbocycles. The molecule has 2 N–H and O–H groups in total. The number of fused-ring (bicyclic) bond motifs is 7. The van der Waals surface area contributed by atoms with Crippen LogP contribution in [0.1, 0.15) is 31.4 Å². The normalized spacial score (nSPS) is 12.0. The van der Waals surface area contributed by atoms with Crippen molar-refractivity contribution >= 4 is 43.5 Å². The molecule has 0 saturated heterocycles. The average molecular weight is 469 g/mol. The molecule has 0 saturated carbocycles. The number of aryl methyl sites for hydroxylation is 1. The van der Waals surface area contributed by atoms with Crippen LogP contribution in [0.5, 0.6) is 0 Å². The molecule has 6 nitrogen and oxygen atoms in total. The molecular formula is C30H24N6. The van der Waals surface area contributed by atoms with Crippen molar-refractivity contribution in [1.29, 1.82) is 0 Å². The standard InChI is InChI=1S/C30H24N6/c1-16(2)30-35-28-22-7-4-20(13-23(22)21-10-11-31-14-24(21)29(28)36-30)26-8-5-18-12-19(6-9-25(18)34-26)27-15-32-17(3)33-27/h4-16H,1-3H3,(H,32,33)(H,35,36). The highest BCUT2D eigenvalue weighted by atomic mass is 14.9. The molecule has 4 aromatic heterocycles. The number of pyridine rings is 2. The van der Waals surface area contributed by atoms with Crippen LogP contribution in [-0.4, -0.2) is 29.9 Å². The van der Waals surface area contributed by atoms with Gasteiger partial charge in [-0.2, -0.15) is 0 Å². The van der Waals surface area contributed by atoms with E-state index in [2.05, 4.69) is 88.4 Å². The topological polar surface area (TPSA) is 83.1 Å². The molecule has 0 radical (unpaired) electrons. The Morgan fingerprint density at radius 3 is 2.47 bits per heavy atom. The molecule has 7 rings (SSSR count). The first-order chi connectivity index (χ1) is 17.5. The van der Waals surface area contributed by atoms with E-state index in [1.54, 1.807) is 0 Å². The summed E-state index contributed by atoms with van der Waals surface area (Å²) in [6.45, 7) is 6.27. The molecule has 0 fully saturated rings. The van der Waals surface area contributed by atoms with E-state index in [-0.39, 0.29) is 0 Å². The minimum absolute atomic E-state index is 0.318. The van der Waals surface area contributed by atoms with Gasteiger partial charge in [0.2, 0.25) is 0 Å². The van der Waals surface area contributed by atoms with Crippen LogP contribution in [0.25, 0.3) is 66.0 Å². The molecule has 6 heteroatoms. The maximum atomic E-state index is 5.00. The molecule has 7 aromatic rings. The van der Waals surface area contributed by atoms with Crippen LogP contribution in [0.3, 0.4) is 0 Å². The van der Waals surface area contributed by atoms with Gasteiger partial charge in [-0.05, 0) is 48.0 Å². The summed E-state index contributed by atoms with van der Waals surface area (Å²) in [4.78, 5) is 25.5. The van der Waals surface area contributed by atoms with Gasteiger partial charge in [-0.3, -0.25) is 4.98 Å². The van der Waals surface area contributed by atoms with Gasteiger partial charge in [0, 0.05) is 45.6 Å². The fourth-order valence-electron chi connectivity index (χ4n) is 5.04. The van der Waals surface area contributed by atoms with E-state index in [0.717, 1.165) is 72.3 Å². The van der Waals surface area contributed by atoms with E-state index >= 15 is 0 Å². The van der Waals surface area contributed by atoms with Crippen molar-refractivity contribution in [3.05, 3.63) is 84.8 Å². The van der Waals surface area contributed by atoms with E-state index in [4.69, 9.17) is 9.97 Å². The highest BCUT2D eigenvalue weighted by molar-refractivity contribution is 6.23. The summed E-state index contributed by atoms with van der Waals surface area (Å²) >= 11 is 0. The van der Waals surface area contributed by atoms with E-state index in [9.17, 15) is 0 Å². The minimum atomic E-state index is 0.318. The number of hydrogen-bond acceptors (Lipinski definition) is 4. The first-order valence-corrected chi connectivity index (χ1v) is 12.2. The van der Waals surface area contributed by atoms with Crippen LogP contribution in [0.15, 0.2) is 73.2 Å². The van der Waals surface area contributed by atoms with Gasteiger partial charge in [0.05, 0.1) is 34.1 Å². The van der Waals surface area contributed by atoms with Crippen LogP contribution in [-0.2, 0) is 0 Å². The molecule has 0 spiro atoms. The zero-order chi connectivity index (χ0) is 24.4. The Labute approximate surface area is 207 Å². The lowest BCUT2D eigenvalue weighted by atomic mass is 9.98. The lowest BCUT2D eigenvalue weighted by Gasteiger charge is -2.09. The quantitative estimate of drug-likeness (QED) is 0.267. The second kappa shape index (κ2) is 7.71. The Morgan fingerprint density at radius 1 is 0.750 bits per heavy atom. The highest BCUT2D eigenvalue weighted by Crippen LogP contribution is 2.36. The number of aromatic nitrogens is 6. The number of hydrogen-bond donors (Lipinski definition) is 2. The summed E-state index contributed by atoms with van der Waals surface area (Å²) < 4.78 is 0. The summed E-state index contributed by atoms with van der Waals surface area (Å²) in [6, 6.07) is 19.2. The van der Waals surface area contributed by atoms with Crippen molar-refractivity contribution in [2.75, 3.05) is 0 Å². The molecule has 0 atom stereocenters. The molecular weight excluding hydrogens is 444 g/mol. The molecule has 36 heavy (non-hydrogen) atoms. The van der Waals surface area contributed by atoms with Crippen molar-refractivity contribution in [2.45, 2.75) is 26.7 Å². The Balaban J connectivity index is 1.39. The van der Waals surface area contributed by atoms with E-state index in [0.29, 0.717) is 5.92 Å². The van der Waals surface area contributed by atoms with Gasteiger partial charge in [-0.1, -0.05) is 38.1 Å². The third kappa shape index (κ3) is 3.18. The summed E-state index contributed by atoms with van der Waals surface area (Å²) in [6.07, 6.45) is 5.64. The molecule has 4 heterocycles. The minimum Gasteiger partial charge on any atom is -0.342 e. The van der Waals surface area contributed by atoms with E-state index < -0.39 is 0 Å². The Kier molecular flexibility index (Phi) is 4.45. The Hall–Kier alpha value is -4.58. The Bertz CT molecular complexity index is 1940. The summed E-state index contributed by atoms with van der Waals surface area (Å²) in [5, 5.41) is 5.64. The summed E-state index contributed by atoms with van der Waals surface area (Å²) in [7, 11) is 0. The first-order valence-electron chi connectivity index (χ1n) is 12.2. The van der Waals surface area contributed by atoms with Gasteiger partial charge in [-0.15, -0.1) is 0 Å². The number of aromatic amines is 2. The van der Waals surface area contributed by atoms with Crippen LogP contribution in [0, 0.1) is 6.92 Å². The van der Waals surface area contributed by atoms with Gasteiger partial charge in [0.25, 0.3) is 0 Å². The number of imidazole rings is 2. The molecule has 174 valence electrons. The monoisotopic (exact) mass is 468 g/mol. The maximum Gasteiger partial charge on any atom is 0.109 e. The van der Waals surface area contributed by atoms with Crippen molar-refractivity contribution in [3.8, 4) is 22.5 Å². The number of nitrogens with zero attached hydrogens (tertiary/aromatic N) is 4. The van der Waals surface area contributed by atoms with Crippen LogP contribution >= 0.6 is 0 Å². The predicted octanol–water partition coefficient (Wildman–Crippen LogP) is 7.30. The highest BCUT2D eigenvalue weighted by Gasteiger charge is 2.15. The smallest absolute Gasteiger partial charge is 0.109 e. The number of benzene rings is 3. The fraction of sp³-hybridized carbons (Fsp3) is 0.133. The molecule has 0 aliphatic heterocycles. The second-order valence-corrected chi connectivity index (χ2v) is 9.67. The number of nitrogens with one attached hydrogen (secondary N) is 2. The van der Waals surface area contributed by atoms with Crippen LogP contribution < -0.4 is 0 Å². The zero-order valence-electron chi connectivity index (χ0n) is 20.3. The molecule has 0 aliphatic carbocycles. The van der Waals surface area contributed by atoms with Gasteiger partial charge in [0.1, 0.15) is 11.6 Å². The van der Waals surface area contributed by atoms with Crippen molar-refractivity contribution < 1.29 is 0 Å². The lowest BCUT2D eigenvalue weighted by Crippen LogP contribution is -1.89. The van der Waals surface area contributed by atoms with E-state index in [1.165, 1.54) is 5.39 Å². The number of rotatable bonds is 3. The van der Waals surface area contributed by atoms with Gasteiger partial charge >= 0.3 is 0 Å². The van der Waals surface area contributed by atoms with Crippen molar-refractivity contribution in [3.63, 3.8) is 0 Å². The largest absolute Gasteiger partial charge is 0.342 e. The van der Waals surface area contributed by atoms with Gasteiger partial charge < -0.3 is 9.97 Å². The fourth-order valence-corrected chi connectivity index (χ4v) is 5.04. The number of H-pyrrole nitrogens is 2. The zero-order valence-corrected chi connectivity index (χ0v) is 20.3. The third-order valence-electron chi connectivity index (χ3n) is 6.92. The van der Waals surface area contributed by atoms with Gasteiger partial charge in [0.15, 0.2) is 0 Å². The molecule has 0 bridgehead atoms. The van der Waals surface area contributed by atoms with E-state index in [1.807, 2.05) is 25.5 Å².